The van der Waals surface area contributed by atoms with Gasteiger partial charge < -0.3 is 10.0 Å². The molecule has 1 aliphatic rings. The number of carbonyl (C=O) groups excluding carboxylic acids is 1. The molecule has 4 heteroatoms. The third-order valence-corrected chi connectivity index (χ3v) is 3.30. The summed E-state index contributed by atoms with van der Waals surface area (Å²) in [7, 11) is 0. The van der Waals surface area contributed by atoms with Crippen molar-refractivity contribution in [3.05, 3.63) is 29.3 Å². The van der Waals surface area contributed by atoms with Gasteiger partial charge in [0.1, 0.15) is 0 Å². The van der Waals surface area contributed by atoms with Gasteiger partial charge in [-0.3, -0.25) is 4.79 Å². The van der Waals surface area contributed by atoms with E-state index in [1.54, 1.807) is 23.1 Å². The zero-order valence-corrected chi connectivity index (χ0v) is 10.2. The van der Waals surface area contributed by atoms with Gasteiger partial charge in [0, 0.05) is 12.2 Å². The Morgan fingerprint density at radius 2 is 2.06 bits per heavy atom. The van der Waals surface area contributed by atoms with Crippen LogP contribution < -0.4 is 4.90 Å². The molecule has 1 aliphatic heterocycles. The average molecular weight is 233 g/mol. The Balaban J connectivity index is 2.63. The van der Waals surface area contributed by atoms with Crippen LogP contribution in [0, 0.1) is 0 Å². The van der Waals surface area contributed by atoms with Crippen LogP contribution in [0.15, 0.2) is 18.2 Å². The van der Waals surface area contributed by atoms with Crippen LogP contribution in [-0.2, 0) is 10.2 Å². The average Bonchev–Trinajstić information content (AvgIpc) is 2.47. The topological polar surface area (TPSA) is 57.6 Å². The number of fused-ring (bicyclic) bond motifs is 1. The summed E-state index contributed by atoms with van der Waals surface area (Å²) >= 11 is 0. The molecular weight excluding hydrogens is 218 g/mol. The van der Waals surface area contributed by atoms with Gasteiger partial charge in [-0.2, -0.15) is 0 Å². The van der Waals surface area contributed by atoms with Gasteiger partial charge in [-0.25, -0.2) is 4.79 Å². The first-order valence-corrected chi connectivity index (χ1v) is 5.59. The second-order valence-corrected chi connectivity index (χ2v) is 4.71. The van der Waals surface area contributed by atoms with Crippen LogP contribution in [0.1, 0.15) is 36.7 Å². The zero-order chi connectivity index (χ0) is 12.8. The lowest BCUT2D eigenvalue weighted by Gasteiger charge is -2.18. The van der Waals surface area contributed by atoms with Crippen molar-refractivity contribution in [3.63, 3.8) is 0 Å². The fourth-order valence-corrected chi connectivity index (χ4v) is 2.29. The number of benzene rings is 1. The molecule has 0 fully saturated rings. The molecule has 0 spiro atoms. The van der Waals surface area contributed by atoms with Gasteiger partial charge in [-0.1, -0.05) is 6.07 Å². The van der Waals surface area contributed by atoms with E-state index in [-0.39, 0.29) is 11.5 Å². The van der Waals surface area contributed by atoms with Crippen LogP contribution in [0.2, 0.25) is 0 Å². The number of anilines is 1. The quantitative estimate of drug-likeness (QED) is 0.850. The van der Waals surface area contributed by atoms with E-state index in [2.05, 4.69) is 0 Å². The molecule has 0 bridgehead atoms. The molecule has 4 nitrogen and oxygen atoms in total. The normalized spacial score (nSPS) is 17.1. The Morgan fingerprint density at radius 3 is 2.59 bits per heavy atom. The molecule has 1 amide bonds. The standard InChI is InChI=1S/C13H15NO3/c1-4-14-10-7-8(11(15)16)5-6-9(10)13(2,3)12(14)17/h5-7H,4H2,1-3H3,(H,15,16). The summed E-state index contributed by atoms with van der Waals surface area (Å²) in [6.07, 6.45) is 0. The zero-order valence-electron chi connectivity index (χ0n) is 10.2. The fourth-order valence-electron chi connectivity index (χ4n) is 2.29. The molecule has 1 heterocycles. The van der Waals surface area contributed by atoms with E-state index in [1.807, 2.05) is 20.8 Å². The smallest absolute Gasteiger partial charge is 0.335 e. The number of nitrogens with zero attached hydrogens (tertiary/aromatic N) is 1. The monoisotopic (exact) mass is 233 g/mol. The van der Waals surface area contributed by atoms with Crippen molar-refractivity contribution in [1.82, 2.24) is 0 Å². The van der Waals surface area contributed by atoms with Crippen molar-refractivity contribution in [3.8, 4) is 0 Å². The minimum atomic E-state index is -0.971. The first kappa shape index (κ1) is 11.6. The first-order chi connectivity index (χ1) is 7.89. The van der Waals surface area contributed by atoms with Crippen LogP contribution in [0.3, 0.4) is 0 Å². The number of aromatic carboxylic acids is 1. The highest BCUT2D eigenvalue weighted by atomic mass is 16.4. The van der Waals surface area contributed by atoms with E-state index in [4.69, 9.17) is 5.11 Å². The highest BCUT2D eigenvalue weighted by Crippen LogP contribution is 2.41. The molecule has 1 aromatic rings. The Kier molecular flexibility index (Phi) is 2.45. The van der Waals surface area contributed by atoms with E-state index in [0.29, 0.717) is 6.54 Å². The summed E-state index contributed by atoms with van der Waals surface area (Å²) in [6.45, 7) is 6.17. The molecule has 0 unspecified atom stereocenters. The molecule has 0 saturated carbocycles. The molecule has 17 heavy (non-hydrogen) atoms. The van der Waals surface area contributed by atoms with Crippen molar-refractivity contribution < 1.29 is 14.7 Å². The number of carbonyl (C=O) groups is 2. The SMILES string of the molecule is CCN1C(=O)C(C)(C)c2ccc(C(=O)O)cc21. The van der Waals surface area contributed by atoms with Gasteiger partial charge in [-0.15, -0.1) is 0 Å². The van der Waals surface area contributed by atoms with Gasteiger partial charge in [0.05, 0.1) is 11.0 Å². The van der Waals surface area contributed by atoms with Gasteiger partial charge in [0.2, 0.25) is 5.91 Å². The van der Waals surface area contributed by atoms with Gasteiger partial charge in [0.15, 0.2) is 0 Å². The number of amides is 1. The summed E-state index contributed by atoms with van der Waals surface area (Å²) in [5.41, 5.74) is 1.27. The minimum Gasteiger partial charge on any atom is -0.478 e. The third kappa shape index (κ3) is 1.52. The number of likely N-dealkylation sites (N-methyl/N-ethyl adjacent to an activating group) is 1. The Bertz CT molecular complexity index is 505. The predicted molar refractivity (Wildman–Crippen MR) is 64.5 cm³/mol. The van der Waals surface area contributed by atoms with Crippen LogP contribution in [-0.4, -0.2) is 23.5 Å². The minimum absolute atomic E-state index is 0.0255. The molecular formula is C13H15NO3. The fraction of sp³-hybridized carbons (Fsp3) is 0.385. The summed E-state index contributed by atoms with van der Waals surface area (Å²) in [5, 5.41) is 8.97. The molecule has 90 valence electrons. The third-order valence-electron chi connectivity index (χ3n) is 3.30. The molecule has 0 atom stereocenters. The van der Waals surface area contributed by atoms with E-state index in [0.717, 1.165) is 11.3 Å². The van der Waals surface area contributed by atoms with Gasteiger partial charge in [-0.05, 0) is 38.5 Å². The van der Waals surface area contributed by atoms with Crippen LogP contribution >= 0.6 is 0 Å². The van der Waals surface area contributed by atoms with Crippen molar-refractivity contribution in [2.24, 2.45) is 0 Å². The lowest BCUT2D eigenvalue weighted by molar-refractivity contribution is -0.122. The molecule has 1 N–H and O–H groups in total. The molecule has 2 rings (SSSR count). The molecule has 0 aromatic heterocycles. The maximum Gasteiger partial charge on any atom is 0.335 e. The van der Waals surface area contributed by atoms with Crippen LogP contribution in [0.5, 0.6) is 0 Å². The number of hydrogen-bond acceptors (Lipinski definition) is 2. The second kappa shape index (κ2) is 3.58. The van der Waals surface area contributed by atoms with E-state index in [9.17, 15) is 9.59 Å². The number of carboxylic acid groups (broad SMARTS) is 1. The lowest BCUT2D eigenvalue weighted by atomic mass is 9.86. The maximum atomic E-state index is 12.2. The maximum absolute atomic E-state index is 12.2. The lowest BCUT2D eigenvalue weighted by Crippen LogP contribution is -2.35. The summed E-state index contributed by atoms with van der Waals surface area (Å²) in [4.78, 5) is 24.8. The highest BCUT2D eigenvalue weighted by molar-refractivity contribution is 6.08. The van der Waals surface area contributed by atoms with Gasteiger partial charge >= 0.3 is 5.97 Å². The summed E-state index contributed by atoms with van der Waals surface area (Å²) in [5.74, 6) is -0.946. The Labute approximate surface area is 99.9 Å². The molecule has 1 aromatic carbocycles. The number of carboxylic acids is 1. The first-order valence-electron chi connectivity index (χ1n) is 5.59. The molecule has 0 saturated heterocycles. The summed E-state index contributed by atoms with van der Waals surface area (Å²) < 4.78 is 0. The molecule has 0 aliphatic carbocycles. The van der Waals surface area contributed by atoms with Crippen LogP contribution in [0.25, 0.3) is 0 Å². The highest BCUT2D eigenvalue weighted by Gasteiger charge is 2.43. The van der Waals surface area contributed by atoms with Gasteiger partial charge in [0.25, 0.3) is 0 Å². The molecule has 0 radical (unpaired) electrons. The largest absolute Gasteiger partial charge is 0.478 e. The van der Waals surface area contributed by atoms with Crippen molar-refractivity contribution in [2.75, 3.05) is 11.4 Å². The van der Waals surface area contributed by atoms with Crippen molar-refractivity contribution in [2.45, 2.75) is 26.2 Å². The van der Waals surface area contributed by atoms with Crippen LogP contribution in [0.4, 0.5) is 5.69 Å². The van der Waals surface area contributed by atoms with E-state index in [1.165, 1.54) is 0 Å². The Morgan fingerprint density at radius 1 is 1.41 bits per heavy atom. The summed E-state index contributed by atoms with van der Waals surface area (Å²) in [6, 6.07) is 4.87. The van der Waals surface area contributed by atoms with E-state index >= 15 is 0 Å². The number of hydrogen-bond donors (Lipinski definition) is 1. The van der Waals surface area contributed by atoms with E-state index < -0.39 is 11.4 Å². The second-order valence-electron chi connectivity index (χ2n) is 4.71. The van der Waals surface area contributed by atoms with Crippen molar-refractivity contribution in [1.29, 1.82) is 0 Å². The van der Waals surface area contributed by atoms with Crippen molar-refractivity contribution >= 4 is 17.6 Å². The predicted octanol–water partition coefficient (Wildman–Crippen LogP) is 2.03. The number of rotatable bonds is 2. The Hall–Kier alpha value is -1.84.